The third-order valence-corrected chi connectivity index (χ3v) is 4.68. The molecule has 2 aromatic carbocycles. The molecular weight excluding hydrogens is 298 g/mol. The first-order valence-electron chi connectivity index (χ1n) is 8.36. The molecule has 1 fully saturated rings. The summed E-state index contributed by atoms with van der Waals surface area (Å²) in [4.78, 5) is 22.5. The van der Waals surface area contributed by atoms with E-state index in [1.165, 1.54) is 0 Å². The first-order valence-corrected chi connectivity index (χ1v) is 8.36. The summed E-state index contributed by atoms with van der Waals surface area (Å²) in [6.45, 7) is 1.66. The molecule has 3 aromatic rings. The van der Waals surface area contributed by atoms with Crippen molar-refractivity contribution in [1.82, 2.24) is 9.97 Å². The highest BCUT2D eigenvalue weighted by atomic mass is 16.1. The van der Waals surface area contributed by atoms with Gasteiger partial charge in [-0.15, -0.1) is 0 Å². The lowest BCUT2D eigenvalue weighted by atomic mass is 9.97. The highest BCUT2D eigenvalue weighted by Crippen LogP contribution is 2.34. The lowest BCUT2D eigenvalue weighted by Gasteiger charge is -2.32. The normalized spacial score (nSPS) is 17.8. The molecule has 0 amide bonds. The van der Waals surface area contributed by atoms with Gasteiger partial charge in [-0.25, -0.2) is 9.97 Å². The number of anilines is 1. The van der Waals surface area contributed by atoms with Crippen LogP contribution >= 0.6 is 0 Å². The van der Waals surface area contributed by atoms with Crippen molar-refractivity contribution in [3.05, 3.63) is 54.9 Å². The summed E-state index contributed by atoms with van der Waals surface area (Å²) in [5.41, 5.74) is 3.23. The first-order chi connectivity index (χ1) is 11.9. The van der Waals surface area contributed by atoms with Gasteiger partial charge in [-0.2, -0.15) is 0 Å². The van der Waals surface area contributed by atoms with Crippen LogP contribution in [0.5, 0.6) is 0 Å². The van der Waals surface area contributed by atoms with Crippen LogP contribution < -0.4 is 4.90 Å². The van der Waals surface area contributed by atoms with Gasteiger partial charge in [0.2, 0.25) is 0 Å². The van der Waals surface area contributed by atoms with Crippen LogP contribution in [0, 0.1) is 5.92 Å². The summed E-state index contributed by atoms with van der Waals surface area (Å²) in [7, 11) is 0. The summed E-state index contributed by atoms with van der Waals surface area (Å²) in [6.07, 6.45) is 4.68. The Morgan fingerprint density at radius 1 is 1.04 bits per heavy atom. The Labute approximate surface area is 141 Å². The fourth-order valence-corrected chi connectivity index (χ4v) is 3.50. The molecule has 1 aromatic heterocycles. The number of hydrogen-bond acceptors (Lipinski definition) is 4. The van der Waals surface area contributed by atoms with Crippen LogP contribution in [0.15, 0.2) is 54.9 Å². The molecule has 0 N–H and O–H groups in total. The number of nitrogens with zero attached hydrogens (tertiary/aromatic N) is 3. The second kappa shape index (κ2) is 6.40. The minimum Gasteiger partial charge on any atom is -0.355 e. The van der Waals surface area contributed by atoms with Crippen molar-refractivity contribution in [2.45, 2.75) is 12.8 Å². The first kappa shape index (κ1) is 14.8. The fourth-order valence-electron chi connectivity index (χ4n) is 3.50. The monoisotopic (exact) mass is 317 g/mol. The van der Waals surface area contributed by atoms with Crippen LogP contribution in [0.2, 0.25) is 0 Å². The van der Waals surface area contributed by atoms with E-state index in [0.717, 1.165) is 60.1 Å². The minimum absolute atomic E-state index is 0.0904. The van der Waals surface area contributed by atoms with E-state index in [9.17, 15) is 4.79 Å². The second-order valence-electron chi connectivity index (χ2n) is 6.25. The van der Waals surface area contributed by atoms with Crippen LogP contribution in [0.1, 0.15) is 12.8 Å². The summed E-state index contributed by atoms with van der Waals surface area (Å²) in [6, 6.07) is 16.5. The summed E-state index contributed by atoms with van der Waals surface area (Å²) in [5.74, 6) is 1.03. The van der Waals surface area contributed by atoms with Crippen molar-refractivity contribution in [3.63, 3.8) is 0 Å². The highest BCUT2D eigenvalue weighted by molar-refractivity contribution is 6.02. The predicted molar refractivity (Wildman–Crippen MR) is 96.0 cm³/mol. The SMILES string of the molecule is O=CC1CCCN(c2ncnc3cccc(-c4ccccc4)c23)C1. The number of hydrogen-bond donors (Lipinski definition) is 0. The smallest absolute Gasteiger partial charge is 0.140 e. The van der Waals surface area contributed by atoms with E-state index < -0.39 is 0 Å². The zero-order chi connectivity index (χ0) is 16.4. The van der Waals surface area contributed by atoms with Crippen LogP contribution in [-0.4, -0.2) is 29.3 Å². The molecule has 0 spiro atoms. The molecule has 0 saturated carbocycles. The van der Waals surface area contributed by atoms with Crippen molar-refractivity contribution in [3.8, 4) is 11.1 Å². The van der Waals surface area contributed by atoms with Gasteiger partial charge < -0.3 is 9.69 Å². The topological polar surface area (TPSA) is 46.1 Å². The Bertz CT molecular complexity index is 858. The maximum absolute atomic E-state index is 11.2. The van der Waals surface area contributed by atoms with Crippen LogP contribution in [0.3, 0.4) is 0 Å². The molecule has 0 aliphatic carbocycles. The van der Waals surface area contributed by atoms with Crippen LogP contribution in [0.25, 0.3) is 22.0 Å². The molecule has 4 nitrogen and oxygen atoms in total. The largest absolute Gasteiger partial charge is 0.355 e. The summed E-state index contributed by atoms with van der Waals surface area (Å²) in [5, 5.41) is 1.07. The van der Waals surface area contributed by atoms with Gasteiger partial charge in [0.25, 0.3) is 0 Å². The standard InChI is InChI=1S/C20H19N3O/c24-13-15-6-5-11-23(12-15)20-19-17(16-7-2-1-3-8-16)9-4-10-18(19)21-14-22-20/h1-4,7-10,13-15H,5-6,11-12H2. The van der Waals surface area contributed by atoms with E-state index in [1.54, 1.807) is 6.33 Å². The predicted octanol–water partition coefficient (Wildman–Crippen LogP) is 3.71. The molecule has 1 aliphatic heterocycles. The molecule has 1 aliphatic rings. The van der Waals surface area contributed by atoms with Gasteiger partial charge in [0, 0.05) is 19.0 Å². The molecule has 4 heteroatoms. The average molecular weight is 317 g/mol. The molecule has 24 heavy (non-hydrogen) atoms. The summed E-state index contributed by atoms with van der Waals surface area (Å²) >= 11 is 0. The molecular formula is C20H19N3O. The number of benzene rings is 2. The van der Waals surface area contributed by atoms with Crippen LogP contribution in [0.4, 0.5) is 5.82 Å². The van der Waals surface area contributed by atoms with E-state index in [4.69, 9.17) is 0 Å². The number of fused-ring (bicyclic) bond motifs is 1. The van der Waals surface area contributed by atoms with E-state index in [1.807, 2.05) is 30.3 Å². The van der Waals surface area contributed by atoms with Crippen molar-refractivity contribution in [1.29, 1.82) is 0 Å². The maximum Gasteiger partial charge on any atom is 0.140 e. The number of carbonyl (C=O) groups excluding carboxylic acids is 1. The Kier molecular flexibility index (Phi) is 3.95. The third kappa shape index (κ3) is 2.64. The molecule has 0 radical (unpaired) electrons. The average Bonchev–Trinajstić information content (AvgIpc) is 2.68. The molecule has 4 rings (SSSR count). The van der Waals surface area contributed by atoms with E-state index >= 15 is 0 Å². The molecule has 0 bridgehead atoms. The number of aromatic nitrogens is 2. The molecule has 1 saturated heterocycles. The van der Waals surface area contributed by atoms with E-state index in [-0.39, 0.29) is 5.92 Å². The minimum atomic E-state index is 0.0904. The lowest BCUT2D eigenvalue weighted by molar-refractivity contribution is -0.111. The zero-order valence-corrected chi connectivity index (χ0v) is 13.4. The zero-order valence-electron chi connectivity index (χ0n) is 13.4. The number of aldehydes is 1. The van der Waals surface area contributed by atoms with Gasteiger partial charge in [0.05, 0.1) is 10.9 Å². The molecule has 1 atom stereocenters. The van der Waals surface area contributed by atoms with Gasteiger partial charge in [-0.1, -0.05) is 42.5 Å². The second-order valence-corrected chi connectivity index (χ2v) is 6.25. The van der Waals surface area contributed by atoms with Gasteiger partial charge in [0.15, 0.2) is 0 Å². The molecule has 1 unspecified atom stereocenters. The van der Waals surface area contributed by atoms with Crippen molar-refractivity contribution < 1.29 is 4.79 Å². The molecule has 2 heterocycles. The Balaban J connectivity index is 1.88. The van der Waals surface area contributed by atoms with Gasteiger partial charge >= 0.3 is 0 Å². The van der Waals surface area contributed by atoms with E-state index in [0.29, 0.717) is 0 Å². The van der Waals surface area contributed by atoms with Crippen molar-refractivity contribution in [2.24, 2.45) is 5.92 Å². The van der Waals surface area contributed by atoms with Gasteiger partial charge in [0.1, 0.15) is 18.4 Å². The fraction of sp³-hybridized carbons (Fsp3) is 0.250. The Morgan fingerprint density at radius 2 is 1.92 bits per heavy atom. The van der Waals surface area contributed by atoms with Gasteiger partial charge in [-0.05, 0) is 30.0 Å². The highest BCUT2D eigenvalue weighted by Gasteiger charge is 2.23. The number of rotatable bonds is 3. The maximum atomic E-state index is 11.2. The Hall–Kier alpha value is -2.75. The quantitative estimate of drug-likeness (QED) is 0.691. The lowest BCUT2D eigenvalue weighted by Crippen LogP contribution is -2.36. The van der Waals surface area contributed by atoms with Crippen molar-refractivity contribution >= 4 is 23.0 Å². The van der Waals surface area contributed by atoms with Crippen LogP contribution in [-0.2, 0) is 4.79 Å². The Morgan fingerprint density at radius 3 is 2.75 bits per heavy atom. The van der Waals surface area contributed by atoms with Crippen molar-refractivity contribution in [2.75, 3.05) is 18.0 Å². The van der Waals surface area contributed by atoms with Gasteiger partial charge in [-0.3, -0.25) is 0 Å². The molecule has 120 valence electrons. The van der Waals surface area contributed by atoms with E-state index in [2.05, 4.69) is 33.1 Å². The third-order valence-electron chi connectivity index (χ3n) is 4.68. The number of carbonyl (C=O) groups is 1. The number of piperidine rings is 1. The summed E-state index contributed by atoms with van der Waals surface area (Å²) < 4.78 is 0.